The number of pyridine rings is 2. The number of hydrogen-bond acceptors (Lipinski definition) is 4. The number of amides is 2. The lowest BCUT2D eigenvalue weighted by Gasteiger charge is -2.26. The van der Waals surface area contributed by atoms with Gasteiger partial charge in [0.1, 0.15) is 11.1 Å². The second kappa shape index (κ2) is 11.3. The normalized spacial score (nSPS) is 15.5. The number of halogens is 3. The molecule has 7 nitrogen and oxygen atoms in total. The number of hydrogen-bond donors (Lipinski definition) is 2. The van der Waals surface area contributed by atoms with E-state index in [0.29, 0.717) is 13.0 Å². The van der Waals surface area contributed by atoms with E-state index in [-0.39, 0.29) is 11.6 Å². The van der Waals surface area contributed by atoms with E-state index in [4.69, 9.17) is 0 Å². The number of alkyl halides is 3. The van der Waals surface area contributed by atoms with Crippen LogP contribution in [0, 0.1) is 0 Å². The van der Waals surface area contributed by atoms with Crippen LogP contribution in [-0.4, -0.2) is 34.1 Å². The molecule has 1 aliphatic rings. The lowest BCUT2D eigenvalue weighted by atomic mass is 9.95. The van der Waals surface area contributed by atoms with Gasteiger partial charge in [-0.2, -0.15) is 13.2 Å². The maximum Gasteiger partial charge on any atom is 0.414 e. The molecule has 0 bridgehead atoms. The number of carbonyl (C=O) groups is 2. The molecule has 1 aliphatic carbocycles. The fourth-order valence-electron chi connectivity index (χ4n) is 4.06. The van der Waals surface area contributed by atoms with Crippen LogP contribution < -0.4 is 16.1 Å². The van der Waals surface area contributed by atoms with E-state index in [0.717, 1.165) is 44.6 Å². The molecule has 0 aromatic carbocycles. The summed E-state index contributed by atoms with van der Waals surface area (Å²) in [5.74, 6) is -1.85. The number of aromatic nitrogens is 2. The van der Waals surface area contributed by atoms with Gasteiger partial charge in [0.2, 0.25) is 5.43 Å². The maximum atomic E-state index is 13.7. The summed E-state index contributed by atoms with van der Waals surface area (Å²) in [6, 6.07) is 1.55. The predicted octanol–water partition coefficient (Wildman–Crippen LogP) is 4.31. The molecule has 2 N–H and O–H groups in total. The number of unbranched alkanes of at least 4 members (excludes halogenated alkanes) is 1. The summed E-state index contributed by atoms with van der Waals surface area (Å²) in [4.78, 5) is 42.5. The highest BCUT2D eigenvalue weighted by molar-refractivity contribution is 5.99. The summed E-state index contributed by atoms with van der Waals surface area (Å²) in [7, 11) is 0. The van der Waals surface area contributed by atoms with Crippen molar-refractivity contribution in [3.8, 4) is 0 Å². The van der Waals surface area contributed by atoms with E-state index in [1.54, 1.807) is 4.57 Å². The van der Waals surface area contributed by atoms with Crippen molar-refractivity contribution in [3.63, 3.8) is 0 Å². The van der Waals surface area contributed by atoms with Crippen LogP contribution in [0.1, 0.15) is 90.4 Å². The van der Waals surface area contributed by atoms with Gasteiger partial charge < -0.3 is 15.2 Å². The summed E-state index contributed by atoms with van der Waals surface area (Å²) in [6.07, 6.45) is 5.13. The van der Waals surface area contributed by atoms with Crippen molar-refractivity contribution in [3.05, 3.63) is 63.8 Å². The van der Waals surface area contributed by atoms with E-state index in [1.165, 1.54) is 30.7 Å². The summed E-state index contributed by atoms with van der Waals surface area (Å²) in [5.41, 5.74) is -2.06. The smallest absolute Gasteiger partial charge is 0.352 e. The van der Waals surface area contributed by atoms with Gasteiger partial charge in [0.15, 0.2) is 6.04 Å². The first-order valence-corrected chi connectivity index (χ1v) is 11.5. The Morgan fingerprint density at radius 1 is 1.12 bits per heavy atom. The van der Waals surface area contributed by atoms with Gasteiger partial charge in [-0.15, -0.1) is 0 Å². The largest absolute Gasteiger partial charge is 0.414 e. The van der Waals surface area contributed by atoms with Gasteiger partial charge in [0.05, 0.1) is 5.69 Å². The zero-order chi connectivity index (χ0) is 24.7. The first kappa shape index (κ1) is 25.5. The van der Waals surface area contributed by atoms with Gasteiger partial charge in [-0.25, -0.2) is 0 Å². The van der Waals surface area contributed by atoms with Crippen molar-refractivity contribution >= 4 is 11.8 Å². The molecule has 0 saturated heterocycles. The Hall–Kier alpha value is -3.17. The molecule has 1 fully saturated rings. The topological polar surface area (TPSA) is 93.1 Å². The molecular formula is C24H29F3N4O3. The zero-order valence-electron chi connectivity index (χ0n) is 19.0. The van der Waals surface area contributed by atoms with Crippen LogP contribution in [0.15, 0.2) is 41.6 Å². The Morgan fingerprint density at radius 3 is 2.38 bits per heavy atom. The molecule has 34 heavy (non-hydrogen) atoms. The van der Waals surface area contributed by atoms with E-state index in [2.05, 4.69) is 10.3 Å². The fourth-order valence-corrected chi connectivity index (χ4v) is 4.06. The Morgan fingerprint density at radius 2 is 1.79 bits per heavy atom. The van der Waals surface area contributed by atoms with Gasteiger partial charge in [-0.1, -0.05) is 38.7 Å². The maximum absolute atomic E-state index is 13.7. The number of nitrogens with one attached hydrogen (secondary N) is 2. The molecule has 184 valence electrons. The Labute approximate surface area is 195 Å². The first-order chi connectivity index (χ1) is 16.2. The van der Waals surface area contributed by atoms with Crippen LogP contribution >= 0.6 is 0 Å². The highest BCUT2D eigenvalue weighted by atomic mass is 19.4. The molecular weight excluding hydrogens is 449 g/mol. The predicted molar refractivity (Wildman–Crippen MR) is 121 cm³/mol. The highest BCUT2D eigenvalue weighted by Crippen LogP contribution is 2.32. The standard InChI is InChI=1S/C24H29F3N4O3/c1-2-3-12-29-22(33)17-14-31(16-9-5-4-6-10-16)15-18(20(17)32)23(34)30-21(24(25,26)27)19-11-7-8-13-28-19/h7-8,11,13-16,21H,2-6,9-10,12H2,1H3,(H,29,33)(H,30,34)/t21-/m1/s1. The highest BCUT2D eigenvalue weighted by Gasteiger charge is 2.43. The van der Waals surface area contributed by atoms with E-state index >= 15 is 0 Å². The van der Waals surface area contributed by atoms with Crippen molar-refractivity contribution in [1.82, 2.24) is 20.2 Å². The van der Waals surface area contributed by atoms with Gasteiger partial charge in [-0.05, 0) is 31.4 Å². The van der Waals surface area contributed by atoms with Crippen molar-refractivity contribution in [1.29, 1.82) is 0 Å². The minimum atomic E-state index is -4.83. The van der Waals surface area contributed by atoms with Crippen molar-refractivity contribution in [2.24, 2.45) is 0 Å². The molecule has 2 amide bonds. The van der Waals surface area contributed by atoms with Gasteiger partial charge >= 0.3 is 6.18 Å². The summed E-state index contributed by atoms with van der Waals surface area (Å²) >= 11 is 0. The molecule has 0 unspecified atom stereocenters. The van der Waals surface area contributed by atoms with Crippen LogP contribution in [0.25, 0.3) is 0 Å². The average Bonchev–Trinajstić information content (AvgIpc) is 2.83. The molecule has 2 aromatic rings. The molecule has 0 spiro atoms. The van der Waals surface area contributed by atoms with Gasteiger partial charge in [0.25, 0.3) is 11.8 Å². The van der Waals surface area contributed by atoms with Crippen molar-refractivity contribution < 1.29 is 22.8 Å². The number of rotatable bonds is 8. The molecule has 0 radical (unpaired) electrons. The Kier molecular flexibility index (Phi) is 8.46. The molecule has 2 aromatic heterocycles. The Bertz CT molecular complexity index is 1050. The number of nitrogens with zero attached hydrogens (tertiary/aromatic N) is 2. The van der Waals surface area contributed by atoms with E-state index < -0.39 is 40.7 Å². The molecule has 10 heteroatoms. The van der Waals surface area contributed by atoms with Crippen LogP contribution in [0.3, 0.4) is 0 Å². The number of carbonyl (C=O) groups excluding carboxylic acids is 2. The SMILES string of the molecule is CCCCNC(=O)c1cn(C2CCCCC2)cc(C(=O)N[C@H](c2ccccn2)C(F)(F)F)c1=O. The van der Waals surface area contributed by atoms with Crippen LogP contribution in [0.5, 0.6) is 0 Å². The second-order valence-corrected chi connectivity index (χ2v) is 8.47. The monoisotopic (exact) mass is 478 g/mol. The third kappa shape index (κ3) is 6.24. The molecule has 3 rings (SSSR count). The van der Waals surface area contributed by atoms with Gasteiger partial charge in [0, 0.05) is 31.2 Å². The average molecular weight is 479 g/mol. The van der Waals surface area contributed by atoms with Crippen LogP contribution in [-0.2, 0) is 0 Å². The quantitative estimate of drug-likeness (QED) is 0.553. The lowest BCUT2D eigenvalue weighted by molar-refractivity contribution is -0.156. The van der Waals surface area contributed by atoms with Gasteiger partial charge in [-0.3, -0.25) is 19.4 Å². The first-order valence-electron chi connectivity index (χ1n) is 11.5. The van der Waals surface area contributed by atoms with Crippen molar-refractivity contribution in [2.75, 3.05) is 6.54 Å². The van der Waals surface area contributed by atoms with Crippen LogP contribution in [0.2, 0.25) is 0 Å². The second-order valence-electron chi connectivity index (χ2n) is 8.47. The summed E-state index contributed by atoms with van der Waals surface area (Å²) < 4.78 is 42.8. The molecule has 2 heterocycles. The third-order valence-corrected chi connectivity index (χ3v) is 5.93. The van der Waals surface area contributed by atoms with Crippen molar-refractivity contribution in [2.45, 2.75) is 70.1 Å². The molecule has 0 aliphatic heterocycles. The van der Waals surface area contributed by atoms with E-state index in [9.17, 15) is 27.6 Å². The molecule has 1 atom stereocenters. The van der Waals surface area contributed by atoms with Crippen LogP contribution in [0.4, 0.5) is 13.2 Å². The summed E-state index contributed by atoms with van der Waals surface area (Å²) in [5, 5.41) is 4.56. The minimum Gasteiger partial charge on any atom is -0.352 e. The minimum absolute atomic E-state index is 0.0442. The fraction of sp³-hybridized carbons (Fsp3) is 0.500. The molecule has 1 saturated carbocycles. The third-order valence-electron chi connectivity index (χ3n) is 5.93. The zero-order valence-corrected chi connectivity index (χ0v) is 19.0. The Balaban J connectivity index is 1.99. The lowest BCUT2D eigenvalue weighted by Crippen LogP contribution is -2.41. The summed E-state index contributed by atoms with van der Waals surface area (Å²) in [6.45, 7) is 2.30. The van der Waals surface area contributed by atoms with E-state index in [1.807, 2.05) is 12.2 Å².